The van der Waals surface area contributed by atoms with Crippen LogP contribution in [0.3, 0.4) is 0 Å². The minimum Gasteiger partial charge on any atom is -0.330 e. The van der Waals surface area contributed by atoms with Gasteiger partial charge in [-0.25, -0.2) is 5.01 Å². The Hall–Kier alpha value is -0.210. The van der Waals surface area contributed by atoms with Crippen LogP contribution in [0.5, 0.6) is 0 Å². The molecule has 0 radical (unpaired) electrons. The Kier molecular flexibility index (Phi) is 5.42. The number of hydrogen-bond donors (Lipinski definition) is 2. The zero-order chi connectivity index (χ0) is 10.5. The molecule has 0 aliphatic heterocycles. The number of hydrazine groups is 1. The van der Waals surface area contributed by atoms with Gasteiger partial charge in [0.25, 0.3) is 10.2 Å². The van der Waals surface area contributed by atoms with Crippen LogP contribution in [-0.2, 0) is 10.2 Å². The first kappa shape index (κ1) is 12.8. The van der Waals surface area contributed by atoms with Crippen molar-refractivity contribution in [1.82, 2.24) is 14.1 Å². The molecule has 0 bridgehead atoms. The molecule has 0 saturated carbocycles. The molecule has 0 aromatic heterocycles. The van der Waals surface area contributed by atoms with Gasteiger partial charge in [0.05, 0.1) is 0 Å². The van der Waals surface area contributed by atoms with E-state index in [0.29, 0.717) is 19.5 Å². The van der Waals surface area contributed by atoms with Crippen molar-refractivity contribution >= 4 is 10.2 Å². The fourth-order valence-electron chi connectivity index (χ4n) is 0.735. The van der Waals surface area contributed by atoms with E-state index in [4.69, 9.17) is 5.73 Å². The van der Waals surface area contributed by atoms with Crippen molar-refractivity contribution in [2.45, 2.75) is 6.42 Å². The van der Waals surface area contributed by atoms with E-state index >= 15 is 0 Å². The molecule has 80 valence electrons. The summed E-state index contributed by atoms with van der Waals surface area (Å²) in [7, 11) is 1.38. The Morgan fingerprint density at radius 2 is 1.85 bits per heavy atom. The van der Waals surface area contributed by atoms with Crippen molar-refractivity contribution in [2.75, 3.05) is 34.2 Å². The summed E-state index contributed by atoms with van der Waals surface area (Å²) < 4.78 is 24.0. The lowest BCUT2D eigenvalue weighted by molar-refractivity contribution is 0.339. The third kappa shape index (κ3) is 5.17. The third-order valence-electron chi connectivity index (χ3n) is 1.39. The monoisotopic (exact) mass is 210 g/mol. The highest BCUT2D eigenvalue weighted by Gasteiger charge is 2.16. The number of rotatable bonds is 6. The summed E-state index contributed by atoms with van der Waals surface area (Å²) in [5, 5.41) is 1.38. The van der Waals surface area contributed by atoms with E-state index in [1.807, 2.05) is 0 Å². The number of hydrogen-bond acceptors (Lipinski definition) is 4. The van der Waals surface area contributed by atoms with Gasteiger partial charge >= 0.3 is 0 Å². The topological polar surface area (TPSA) is 78.7 Å². The lowest BCUT2D eigenvalue weighted by Gasteiger charge is -2.20. The summed E-state index contributed by atoms with van der Waals surface area (Å²) >= 11 is 0. The van der Waals surface area contributed by atoms with E-state index < -0.39 is 10.2 Å². The van der Waals surface area contributed by atoms with Crippen molar-refractivity contribution in [3.63, 3.8) is 0 Å². The average molecular weight is 210 g/mol. The normalized spacial score (nSPS) is 12.8. The van der Waals surface area contributed by atoms with Crippen LogP contribution in [0.1, 0.15) is 6.42 Å². The van der Waals surface area contributed by atoms with Gasteiger partial charge in [0.1, 0.15) is 0 Å². The molecule has 13 heavy (non-hydrogen) atoms. The zero-order valence-corrected chi connectivity index (χ0v) is 9.13. The number of nitrogens with two attached hydrogens (primary N) is 1. The van der Waals surface area contributed by atoms with E-state index in [1.165, 1.54) is 16.4 Å². The summed E-state index contributed by atoms with van der Waals surface area (Å²) in [5.41, 5.74) is 5.27. The Morgan fingerprint density at radius 3 is 2.23 bits per heavy atom. The Balaban J connectivity index is 4.12. The van der Waals surface area contributed by atoms with Crippen LogP contribution in [0.15, 0.2) is 0 Å². The molecule has 0 aliphatic carbocycles. The van der Waals surface area contributed by atoms with Gasteiger partial charge in [0.2, 0.25) is 0 Å². The van der Waals surface area contributed by atoms with Gasteiger partial charge in [0.15, 0.2) is 0 Å². The van der Waals surface area contributed by atoms with Crippen LogP contribution in [-0.4, -0.2) is 52.0 Å². The predicted molar refractivity (Wildman–Crippen MR) is 52.0 cm³/mol. The largest absolute Gasteiger partial charge is 0.330 e. The highest BCUT2D eigenvalue weighted by atomic mass is 32.2. The first-order valence-electron chi connectivity index (χ1n) is 4.01. The molecule has 0 aliphatic rings. The molecule has 0 amide bonds. The van der Waals surface area contributed by atoms with E-state index in [2.05, 4.69) is 4.83 Å². The third-order valence-corrected chi connectivity index (χ3v) is 2.98. The number of nitrogens with one attached hydrogen (secondary N) is 1. The van der Waals surface area contributed by atoms with Gasteiger partial charge in [0, 0.05) is 27.7 Å². The summed E-state index contributed by atoms with van der Waals surface area (Å²) in [6, 6.07) is 0. The van der Waals surface area contributed by atoms with Gasteiger partial charge in [-0.3, -0.25) is 0 Å². The van der Waals surface area contributed by atoms with Crippen LogP contribution in [0.4, 0.5) is 0 Å². The van der Waals surface area contributed by atoms with Crippen LogP contribution in [0, 0.1) is 0 Å². The summed E-state index contributed by atoms with van der Waals surface area (Å²) in [6.07, 6.45) is 0.658. The SMILES string of the molecule is CN(C)NS(=O)(=O)N(C)CCCN. The Bertz CT molecular complexity index is 227. The molecule has 7 heteroatoms. The standard InChI is InChI=1S/C6H18N4O2S/c1-9(2)8-13(11,12)10(3)6-4-5-7/h8H,4-7H2,1-3H3. The number of nitrogens with zero attached hydrogens (tertiary/aromatic N) is 2. The van der Waals surface area contributed by atoms with E-state index in [0.717, 1.165) is 0 Å². The zero-order valence-electron chi connectivity index (χ0n) is 8.32. The van der Waals surface area contributed by atoms with E-state index in [1.54, 1.807) is 14.1 Å². The van der Waals surface area contributed by atoms with Gasteiger partial charge < -0.3 is 5.73 Å². The fraction of sp³-hybridized carbons (Fsp3) is 1.00. The Morgan fingerprint density at radius 1 is 1.31 bits per heavy atom. The van der Waals surface area contributed by atoms with Crippen molar-refractivity contribution in [1.29, 1.82) is 0 Å². The molecule has 3 N–H and O–H groups in total. The lowest BCUT2D eigenvalue weighted by Crippen LogP contribution is -2.45. The van der Waals surface area contributed by atoms with E-state index in [-0.39, 0.29) is 0 Å². The van der Waals surface area contributed by atoms with Crippen molar-refractivity contribution in [3.8, 4) is 0 Å². The minimum absolute atomic E-state index is 0.430. The molecule has 0 heterocycles. The quantitative estimate of drug-likeness (QED) is 0.527. The molecular weight excluding hydrogens is 192 g/mol. The smallest absolute Gasteiger partial charge is 0.292 e. The molecule has 6 nitrogen and oxygen atoms in total. The molecule has 0 aromatic carbocycles. The van der Waals surface area contributed by atoms with Crippen molar-refractivity contribution in [2.24, 2.45) is 5.73 Å². The van der Waals surface area contributed by atoms with Crippen LogP contribution >= 0.6 is 0 Å². The fourth-order valence-corrected chi connectivity index (χ4v) is 1.70. The predicted octanol–water partition coefficient (Wildman–Crippen LogP) is -1.42. The second kappa shape index (κ2) is 5.51. The summed E-state index contributed by atoms with van der Waals surface area (Å²) in [4.78, 5) is 2.32. The highest BCUT2D eigenvalue weighted by Crippen LogP contribution is 1.94. The maximum atomic E-state index is 11.4. The molecule has 0 atom stereocenters. The maximum absolute atomic E-state index is 11.4. The molecule has 0 aromatic rings. The van der Waals surface area contributed by atoms with Crippen molar-refractivity contribution in [3.05, 3.63) is 0 Å². The van der Waals surface area contributed by atoms with Gasteiger partial charge in [-0.15, -0.1) is 4.83 Å². The Labute approximate surface area is 79.8 Å². The maximum Gasteiger partial charge on any atom is 0.292 e. The second-order valence-corrected chi connectivity index (χ2v) is 4.71. The van der Waals surface area contributed by atoms with Gasteiger partial charge in [-0.2, -0.15) is 12.7 Å². The molecule has 0 rings (SSSR count). The van der Waals surface area contributed by atoms with Gasteiger partial charge in [-0.05, 0) is 13.0 Å². The van der Waals surface area contributed by atoms with Gasteiger partial charge in [-0.1, -0.05) is 0 Å². The highest BCUT2D eigenvalue weighted by molar-refractivity contribution is 7.87. The lowest BCUT2D eigenvalue weighted by atomic mass is 10.4. The molecule has 0 fully saturated rings. The first-order valence-corrected chi connectivity index (χ1v) is 5.45. The van der Waals surface area contributed by atoms with Crippen LogP contribution in [0.25, 0.3) is 0 Å². The van der Waals surface area contributed by atoms with Crippen molar-refractivity contribution < 1.29 is 8.42 Å². The summed E-state index contributed by atoms with van der Waals surface area (Å²) in [6.45, 7) is 0.918. The average Bonchev–Trinajstić information content (AvgIpc) is 1.97. The molecule has 0 saturated heterocycles. The molecular formula is C6H18N4O2S. The summed E-state index contributed by atoms with van der Waals surface area (Å²) in [5.74, 6) is 0. The first-order chi connectivity index (χ1) is 5.90. The molecule has 0 spiro atoms. The second-order valence-electron chi connectivity index (χ2n) is 2.95. The molecule has 0 unspecified atom stereocenters. The van der Waals surface area contributed by atoms with Crippen LogP contribution < -0.4 is 10.6 Å². The minimum atomic E-state index is -3.38. The van der Waals surface area contributed by atoms with E-state index in [9.17, 15) is 8.42 Å². The van der Waals surface area contributed by atoms with Crippen LogP contribution in [0.2, 0.25) is 0 Å².